The third-order valence-electron chi connectivity index (χ3n) is 4.70. The van der Waals surface area contributed by atoms with Crippen molar-refractivity contribution in [3.63, 3.8) is 0 Å². The van der Waals surface area contributed by atoms with Crippen molar-refractivity contribution in [1.29, 1.82) is 5.26 Å². The molecule has 2 aromatic carbocycles. The first-order valence-electron chi connectivity index (χ1n) is 9.73. The van der Waals surface area contributed by atoms with E-state index in [0.717, 1.165) is 28.9 Å². The van der Waals surface area contributed by atoms with Crippen molar-refractivity contribution in [2.75, 3.05) is 12.9 Å². The fourth-order valence-corrected chi connectivity index (χ4v) is 3.94. The summed E-state index contributed by atoms with van der Waals surface area (Å²) in [6, 6.07) is 18.1. The molecule has 0 unspecified atom stereocenters. The number of ether oxygens (including phenoxy) is 1. The molecule has 0 bridgehead atoms. The molecule has 6 nitrogen and oxygen atoms in total. The number of rotatable bonds is 8. The number of aromatic nitrogens is 1. The first kappa shape index (κ1) is 22.8. The topological polar surface area (TPSA) is 106 Å². The molecule has 2 N–H and O–H groups in total. The summed E-state index contributed by atoms with van der Waals surface area (Å²) in [5.74, 6) is 0.296. The Labute approximate surface area is 187 Å². The van der Waals surface area contributed by atoms with E-state index in [1.807, 2.05) is 30.5 Å². The van der Waals surface area contributed by atoms with Gasteiger partial charge in [-0.15, -0.1) is 11.8 Å². The molecular weight excluding hydrogens is 430 g/mol. The van der Waals surface area contributed by atoms with E-state index in [2.05, 4.69) is 13.0 Å². The van der Waals surface area contributed by atoms with Crippen LogP contribution >= 0.6 is 11.8 Å². The number of hydrogen-bond acceptors (Lipinski definition) is 6. The molecule has 160 valence electrons. The Balaban J connectivity index is 2.16. The van der Waals surface area contributed by atoms with Gasteiger partial charge in [-0.1, -0.05) is 37.6 Å². The maximum Gasteiger partial charge on any atom is 0.238 e. The van der Waals surface area contributed by atoms with Crippen LogP contribution in [0.15, 0.2) is 64.4 Å². The summed E-state index contributed by atoms with van der Waals surface area (Å²) in [6.07, 6.45) is 3.84. The molecule has 31 heavy (non-hydrogen) atoms. The van der Waals surface area contributed by atoms with E-state index in [-0.39, 0.29) is 4.90 Å². The Morgan fingerprint density at radius 2 is 1.74 bits per heavy atom. The molecule has 1 aromatic heterocycles. The van der Waals surface area contributed by atoms with Crippen LogP contribution in [0, 0.1) is 11.3 Å². The molecule has 3 rings (SSSR count). The van der Waals surface area contributed by atoms with Gasteiger partial charge < -0.3 is 4.74 Å². The molecule has 0 fully saturated rings. The normalized spacial score (nSPS) is 11.2. The molecule has 0 radical (unpaired) electrons. The van der Waals surface area contributed by atoms with Crippen LogP contribution in [0.1, 0.15) is 25.3 Å². The van der Waals surface area contributed by atoms with Gasteiger partial charge in [0.2, 0.25) is 15.9 Å². The third kappa shape index (κ3) is 5.44. The second kappa shape index (κ2) is 9.96. The van der Waals surface area contributed by atoms with Crippen LogP contribution in [0.5, 0.6) is 5.88 Å². The van der Waals surface area contributed by atoms with E-state index in [1.165, 1.54) is 12.1 Å². The van der Waals surface area contributed by atoms with Crippen molar-refractivity contribution >= 4 is 21.8 Å². The Morgan fingerprint density at radius 3 is 2.29 bits per heavy atom. The third-order valence-corrected chi connectivity index (χ3v) is 6.37. The quantitative estimate of drug-likeness (QED) is 0.386. The van der Waals surface area contributed by atoms with E-state index in [0.29, 0.717) is 29.3 Å². The van der Waals surface area contributed by atoms with Crippen LogP contribution in [-0.2, 0) is 10.0 Å². The van der Waals surface area contributed by atoms with Crippen LogP contribution in [-0.4, -0.2) is 26.3 Å². The SMILES string of the molecule is CCCCOc1nc(-c2ccc(SC)cc2)c(-c2ccc(S(N)(=O)=O)cc2)cc1C#N. The van der Waals surface area contributed by atoms with Crippen LogP contribution in [0.2, 0.25) is 0 Å². The van der Waals surface area contributed by atoms with E-state index in [1.54, 1.807) is 30.0 Å². The van der Waals surface area contributed by atoms with Crippen LogP contribution in [0.3, 0.4) is 0 Å². The van der Waals surface area contributed by atoms with Gasteiger partial charge >= 0.3 is 0 Å². The standard InChI is InChI=1S/C23H23N3O3S2/c1-3-4-13-29-23-18(15-24)14-21(16-7-11-20(12-8-16)31(25,27)28)22(26-23)17-5-9-19(30-2)10-6-17/h5-12,14H,3-4,13H2,1-2H3,(H2,25,27,28). The Bertz CT molecular complexity index is 1200. The zero-order valence-electron chi connectivity index (χ0n) is 17.3. The summed E-state index contributed by atoms with van der Waals surface area (Å²) in [5, 5.41) is 14.9. The zero-order valence-corrected chi connectivity index (χ0v) is 19.0. The van der Waals surface area contributed by atoms with Crippen LogP contribution < -0.4 is 9.88 Å². The van der Waals surface area contributed by atoms with Gasteiger partial charge in [-0.05, 0) is 48.6 Å². The van der Waals surface area contributed by atoms with Crippen molar-refractivity contribution in [3.8, 4) is 34.3 Å². The average molecular weight is 454 g/mol. The number of nitriles is 1. The first-order valence-corrected chi connectivity index (χ1v) is 12.5. The van der Waals surface area contributed by atoms with Gasteiger partial charge in [-0.3, -0.25) is 0 Å². The molecular formula is C23H23N3O3S2. The molecule has 0 saturated carbocycles. The summed E-state index contributed by atoms with van der Waals surface area (Å²) >= 11 is 1.64. The Kier molecular flexibility index (Phi) is 7.33. The minimum atomic E-state index is -3.79. The summed E-state index contributed by atoms with van der Waals surface area (Å²) in [4.78, 5) is 5.84. The maximum absolute atomic E-state index is 11.6. The van der Waals surface area contributed by atoms with Gasteiger partial charge in [-0.25, -0.2) is 18.5 Å². The van der Waals surface area contributed by atoms with Gasteiger partial charge in [-0.2, -0.15) is 5.26 Å². The van der Waals surface area contributed by atoms with E-state index < -0.39 is 10.0 Å². The van der Waals surface area contributed by atoms with Gasteiger partial charge in [0.1, 0.15) is 11.6 Å². The molecule has 8 heteroatoms. The second-order valence-corrected chi connectivity index (χ2v) is 9.29. The smallest absolute Gasteiger partial charge is 0.238 e. The lowest BCUT2D eigenvalue weighted by Gasteiger charge is -2.14. The first-order chi connectivity index (χ1) is 14.9. The number of pyridine rings is 1. The minimum Gasteiger partial charge on any atom is -0.477 e. The number of nitrogens with two attached hydrogens (primary N) is 1. The van der Waals surface area contributed by atoms with Crippen LogP contribution in [0.4, 0.5) is 0 Å². The highest BCUT2D eigenvalue weighted by Crippen LogP contribution is 2.35. The predicted octanol–water partition coefficient (Wildman–Crippen LogP) is 4.84. The monoisotopic (exact) mass is 453 g/mol. The summed E-state index contributed by atoms with van der Waals surface area (Å²) < 4.78 is 29.0. The maximum atomic E-state index is 11.6. The van der Waals surface area contributed by atoms with Gasteiger partial charge in [0, 0.05) is 16.0 Å². The Hall–Kier alpha value is -2.86. The molecule has 0 aliphatic rings. The summed E-state index contributed by atoms with van der Waals surface area (Å²) in [7, 11) is -3.79. The van der Waals surface area contributed by atoms with E-state index in [9.17, 15) is 13.7 Å². The summed E-state index contributed by atoms with van der Waals surface area (Å²) in [6.45, 7) is 2.54. The predicted molar refractivity (Wildman–Crippen MR) is 123 cm³/mol. The van der Waals surface area contributed by atoms with Gasteiger partial charge in [0.15, 0.2) is 0 Å². The van der Waals surface area contributed by atoms with Crippen molar-refractivity contribution in [1.82, 2.24) is 4.98 Å². The lowest BCUT2D eigenvalue weighted by atomic mass is 9.98. The molecule has 0 spiro atoms. The largest absolute Gasteiger partial charge is 0.477 e. The molecule has 3 aromatic rings. The van der Waals surface area contributed by atoms with Crippen molar-refractivity contribution in [2.45, 2.75) is 29.6 Å². The summed E-state index contributed by atoms with van der Waals surface area (Å²) in [5.41, 5.74) is 3.28. The number of hydrogen-bond donors (Lipinski definition) is 1. The highest BCUT2D eigenvalue weighted by atomic mass is 32.2. The average Bonchev–Trinajstić information content (AvgIpc) is 2.78. The molecule has 0 saturated heterocycles. The molecule has 0 atom stereocenters. The number of thioether (sulfide) groups is 1. The van der Waals surface area contributed by atoms with Crippen molar-refractivity contribution in [3.05, 3.63) is 60.2 Å². The number of sulfonamides is 1. The highest BCUT2D eigenvalue weighted by molar-refractivity contribution is 7.98. The number of benzene rings is 2. The molecule has 0 aliphatic carbocycles. The van der Waals surface area contributed by atoms with Gasteiger partial charge in [0.25, 0.3) is 0 Å². The van der Waals surface area contributed by atoms with Crippen LogP contribution in [0.25, 0.3) is 22.4 Å². The lowest BCUT2D eigenvalue weighted by molar-refractivity contribution is 0.297. The number of nitrogens with zero attached hydrogens (tertiary/aromatic N) is 2. The molecule has 0 aliphatic heterocycles. The second-order valence-electron chi connectivity index (χ2n) is 6.85. The zero-order chi connectivity index (χ0) is 22.4. The van der Waals surface area contributed by atoms with Crippen molar-refractivity contribution in [2.24, 2.45) is 5.14 Å². The fourth-order valence-electron chi connectivity index (χ4n) is 3.01. The number of primary sulfonamides is 1. The minimum absolute atomic E-state index is 0.0232. The highest BCUT2D eigenvalue weighted by Gasteiger charge is 2.17. The molecule has 0 amide bonds. The van der Waals surface area contributed by atoms with E-state index >= 15 is 0 Å². The Morgan fingerprint density at radius 1 is 1.10 bits per heavy atom. The number of unbranched alkanes of at least 4 members (excludes halogenated alkanes) is 1. The van der Waals surface area contributed by atoms with E-state index in [4.69, 9.17) is 14.9 Å². The fraction of sp³-hybridized carbons (Fsp3) is 0.217. The van der Waals surface area contributed by atoms with Gasteiger partial charge in [0.05, 0.1) is 17.2 Å². The lowest BCUT2D eigenvalue weighted by Crippen LogP contribution is -2.11. The van der Waals surface area contributed by atoms with Crippen molar-refractivity contribution < 1.29 is 13.2 Å². The molecule has 1 heterocycles.